The third kappa shape index (κ3) is 3.24. The van der Waals surface area contributed by atoms with Crippen molar-refractivity contribution in [2.45, 2.75) is 37.1 Å². The second-order valence-corrected chi connectivity index (χ2v) is 6.80. The topological polar surface area (TPSA) is 128 Å². The van der Waals surface area contributed by atoms with Gasteiger partial charge in [-0.05, 0) is 12.8 Å². The summed E-state index contributed by atoms with van der Waals surface area (Å²) >= 11 is 0. The lowest BCUT2D eigenvalue weighted by molar-refractivity contribution is -0.127. The molecule has 0 saturated carbocycles. The van der Waals surface area contributed by atoms with Crippen molar-refractivity contribution in [3.63, 3.8) is 0 Å². The Morgan fingerprint density at radius 3 is 2.74 bits per heavy atom. The van der Waals surface area contributed by atoms with E-state index in [0.29, 0.717) is 24.4 Å². The molecule has 3 fully saturated rings. The highest BCUT2D eigenvalue weighted by molar-refractivity contribution is 7.80. The minimum absolute atomic E-state index is 0.106. The van der Waals surface area contributed by atoms with E-state index < -0.39 is 46.6 Å². The zero-order valence-electron chi connectivity index (χ0n) is 12.0. The number of piperidine rings is 1. The summed E-state index contributed by atoms with van der Waals surface area (Å²) in [4.78, 5) is 25.6. The van der Waals surface area contributed by atoms with E-state index in [-0.39, 0.29) is 13.1 Å². The van der Waals surface area contributed by atoms with Crippen molar-refractivity contribution in [3.05, 3.63) is 0 Å². The summed E-state index contributed by atoms with van der Waals surface area (Å²) in [5.74, 6) is -0.484. The summed E-state index contributed by atoms with van der Waals surface area (Å²) in [6, 6.07) is -2.84. The summed E-state index contributed by atoms with van der Waals surface area (Å²) < 4.78 is 48.1. The number of carbonyl (C=O) groups is 2. The highest BCUT2D eigenvalue weighted by atomic mass is 32.3. The van der Waals surface area contributed by atoms with Gasteiger partial charge < -0.3 is 15.5 Å². The first-order chi connectivity index (χ1) is 10.8. The number of carbonyl (C=O) groups excluding carboxylic acids is 2. The van der Waals surface area contributed by atoms with Crippen LogP contribution in [0.1, 0.15) is 12.8 Å². The minimum atomic E-state index is -4.82. The Morgan fingerprint density at radius 1 is 1.39 bits per heavy atom. The maximum Gasteiger partial charge on any atom is 0.418 e. The van der Waals surface area contributed by atoms with Crippen molar-refractivity contribution in [2.75, 3.05) is 19.6 Å². The van der Waals surface area contributed by atoms with Crippen LogP contribution < -0.4 is 10.6 Å². The van der Waals surface area contributed by atoms with E-state index in [1.165, 1.54) is 4.90 Å². The van der Waals surface area contributed by atoms with Gasteiger partial charge in [0.1, 0.15) is 12.2 Å². The van der Waals surface area contributed by atoms with Crippen molar-refractivity contribution < 1.29 is 31.2 Å². The number of alkyl halides is 1. The molecule has 23 heavy (non-hydrogen) atoms. The molecule has 2 bridgehead atoms. The van der Waals surface area contributed by atoms with E-state index in [4.69, 9.17) is 4.55 Å². The Hall–Kier alpha value is -1.50. The van der Waals surface area contributed by atoms with Gasteiger partial charge in [0.15, 0.2) is 0 Å². The number of nitrogens with zero attached hydrogens (tertiary/aromatic N) is 2. The second kappa shape index (κ2) is 5.85. The first-order valence-corrected chi connectivity index (χ1v) is 8.55. The van der Waals surface area contributed by atoms with Crippen molar-refractivity contribution in [3.8, 4) is 0 Å². The maximum atomic E-state index is 13.5. The molecule has 3 aliphatic rings. The smallest absolute Gasteiger partial charge is 0.347 e. The lowest BCUT2D eigenvalue weighted by atomic mass is 10.00. The number of amides is 3. The molecule has 0 aromatic rings. The fraction of sp³-hybridized carbons (Fsp3) is 0.818. The van der Waals surface area contributed by atoms with Gasteiger partial charge in [-0.3, -0.25) is 9.35 Å². The molecular weight excluding hydrogens is 335 g/mol. The molecule has 2 unspecified atom stereocenters. The fourth-order valence-electron chi connectivity index (χ4n) is 3.17. The molecule has 130 valence electrons. The number of hydrogen-bond donors (Lipinski definition) is 3. The van der Waals surface area contributed by atoms with E-state index in [2.05, 4.69) is 14.9 Å². The summed E-state index contributed by atoms with van der Waals surface area (Å²) in [5, 5.41) is 5.95. The molecule has 0 aromatic carbocycles. The monoisotopic (exact) mass is 352 g/mol. The molecule has 3 rings (SSSR count). The van der Waals surface area contributed by atoms with Gasteiger partial charge in [0.25, 0.3) is 0 Å². The Bertz CT molecular complexity index is 616. The van der Waals surface area contributed by atoms with Gasteiger partial charge in [0.2, 0.25) is 5.91 Å². The Balaban J connectivity index is 1.67. The Morgan fingerprint density at radius 2 is 2.13 bits per heavy atom. The molecular formula is C11H17FN4O6S. The zero-order valence-corrected chi connectivity index (χ0v) is 12.8. The fourth-order valence-corrected chi connectivity index (χ4v) is 3.56. The van der Waals surface area contributed by atoms with Gasteiger partial charge in [-0.1, -0.05) is 0 Å². The average molecular weight is 352 g/mol. The molecule has 3 amide bonds. The zero-order chi connectivity index (χ0) is 16.8. The summed E-state index contributed by atoms with van der Waals surface area (Å²) in [6.45, 7) is 0.582. The van der Waals surface area contributed by atoms with Gasteiger partial charge >= 0.3 is 16.4 Å². The molecule has 0 spiro atoms. The number of fused-ring (bicyclic) bond motifs is 2. The van der Waals surface area contributed by atoms with E-state index in [9.17, 15) is 22.4 Å². The predicted octanol–water partition coefficient (Wildman–Crippen LogP) is -1.58. The van der Waals surface area contributed by atoms with Crippen molar-refractivity contribution >= 4 is 22.3 Å². The van der Waals surface area contributed by atoms with Gasteiger partial charge in [-0.2, -0.15) is 13.5 Å². The molecule has 0 aliphatic carbocycles. The van der Waals surface area contributed by atoms with Crippen molar-refractivity contribution in [1.29, 1.82) is 0 Å². The SMILES string of the molecule is O=C(N[C@H]1CNC[C@H]1F)C1CCC2CN1C(=O)N2OS(=O)(=O)O. The molecule has 3 N–H and O–H groups in total. The van der Waals surface area contributed by atoms with Gasteiger partial charge in [0.05, 0.1) is 12.1 Å². The highest BCUT2D eigenvalue weighted by Gasteiger charge is 2.49. The molecule has 0 radical (unpaired) electrons. The van der Waals surface area contributed by atoms with Crippen LogP contribution in [0.15, 0.2) is 0 Å². The maximum absolute atomic E-state index is 13.5. The molecule has 3 aliphatic heterocycles. The van der Waals surface area contributed by atoms with Crippen LogP contribution in [0.2, 0.25) is 0 Å². The number of halogens is 1. The third-order valence-electron chi connectivity index (χ3n) is 4.27. The van der Waals surface area contributed by atoms with Crippen LogP contribution in [0.5, 0.6) is 0 Å². The van der Waals surface area contributed by atoms with E-state index in [1.54, 1.807) is 0 Å². The first-order valence-electron chi connectivity index (χ1n) is 7.18. The van der Waals surface area contributed by atoms with E-state index in [1.807, 2.05) is 0 Å². The quantitative estimate of drug-likeness (QED) is 0.521. The van der Waals surface area contributed by atoms with Crippen LogP contribution in [0.25, 0.3) is 0 Å². The standard InChI is InChI=1S/C11H17FN4O6S/c12-7-3-13-4-8(7)14-10(17)9-2-1-6-5-15(9)11(18)16(6)22-23(19,20)21/h6-9,13H,1-5H2,(H,14,17)(H,19,20,21)/t6?,7-,8+,9?/m1/s1. The highest BCUT2D eigenvalue weighted by Crippen LogP contribution is 2.30. The minimum Gasteiger partial charge on any atom is -0.347 e. The molecule has 12 heteroatoms. The van der Waals surface area contributed by atoms with Crippen LogP contribution in [0, 0.1) is 0 Å². The van der Waals surface area contributed by atoms with Crippen LogP contribution in [0.3, 0.4) is 0 Å². The van der Waals surface area contributed by atoms with Crippen LogP contribution in [-0.4, -0.2) is 78.8 Å². The van der Waals surface area contributed by atoms with Crippen molar-refractivity contribution in [1.82, 2.24) is 20.6 Å². The lowest BCUT2D eigenvalue weighted by Gasteiger charge is -2.30. The Kier molecular flexibility index (Phi) is 4.16. The first kappa shape index (κ1) is 16.4. The normalized spacial score (nSPS) is 34.1. The predicted molar refractivity (Wildman–Crippen MR) is 73.1 cm³/mol. The lowest BCUT2D eigenvalue weighted by Crippen LogP contribution is -2.53. The van der Waals surface area contributed by atoms with Gasteiger partial charge in [-0.15, -0.1) is 4.28 Å². The van der Waals surface area contributed by atoms with Crippen molar-refractivity contribution in [2.24, 2.45) is 0 Å². The number of rotatable bonds is 4. The molecule has 4 atom stereocenters. The molecule has 10 nitrogen and oxygen atoms in total. The largest absolute Gasteiger partial charge is 0.418 e. The van der Waals surface area contributed by atoms with Crippen LogP contribution in [0.4, 0.5) is 9.18 Å². The van der Waals surface area contributed by atoms with Gasteiger partial charge in [-0.25, -0.2) is 9.18 Å². The summed E-state index contributed by atoms with van der Waals surface area (Å²) in [5.41, 5.74) is 0. The molecule has 3 heterocycles. The van der Waals surface area contributed by atoms with E-state index >= 15 is 0 Å². The number of hydrogen-bond acceptors (Lipinski definition) is 6. The summed E-state index contributed by atoms with van der Waals surface area (Å²) in [6.07, 6.45) is -0.563. The summed E-state index contributed by atoms with van der Waals surface area (Å²) in [7, 11) is -4.82. The Labute approximate surface area is 131 Å². The van der Waals surface area contributed by atoms with Crippen LogP contribution >= 0.6 is 0 Å². The third-order valence-corrected chi connectivity index (χ3v) is 4.62. The van der Waals surface area contributed by atoms with E-state index in [0.717, 1.165) is 0 Å². The number of urea groups is 1. The average Bonchev–Trinajstić information content (AvgIpc) is 2.96. The van der Waals surface area contributed by atoms with Gasteiger partial charge in [0, 0.05) is 19.6 Å². The number of nitrogens with one attached hydrogen (secondary N) is 2. The second-order valence-electron chi connectivity index (χ2n) is 5.80. The molecule has 0 aromatic heterocycles. The molecule has 3 saturated heterocycles. The van der Waals surface area contributed by atoms with Crippen LogP contribution in [-0.2, 0) is 19.5 Å². The number of hydroxylamine groups is 2.